The van der Waals surface area contributed by atoms with Crippen molar-refractivity contribution in [3.05, 3.63) is 54.2 Å². The van der Waals surface area contributed by atoms with Gasteiger partial charge in [0.05, 0.1) is 12.5 Å². The summed E-state index contributed by atoms with van der Waals surface area (Å²) >= 11 is 0. The van der Waals surface area contributed by atoms with Gasteiger partial charge in [0.2, 0.25) is 0 Å². The van der Waals surface area contributed by atoms with Crippen LogP contribution in [0.25, 0.3) is 22.0 Å². The number of hydrogen-bond donors (Lipinski definition) is 1. The minimum atomic E-state index is -4.71. The maximum Gasteiger partial charge on any atom is 0.573 e. The molecule has 0 atom stereocenters. The predicted molar refractivity (Wildman–Crippen MR) is 79.7 cm³/mol. The summed E-state index contributed by atoms with van der Waals surface area (Å²) in [7, 11) is 0. The maximum atomic E-state index is 12.2. The predicted octanol–water partition coefficient (Wildman–Crippen LogP) is 4.80. The molecular weight excluding hydrogens is 305 g/mol. The molecule has 0 saturated heterocycles. The van der Waals surface area contributed by atoms with Gasteiger partial charge in [0.15, 0.2) is 0 Å². The average molecular weight is 316 g/mol. The molecule has 0 aliphatic carbocycles. The van der Waals surface area contributed by atoms with E-state index in [-0.39, 0.29) is 12.2 Å². The Morgan fingerprint density at radius 1 is 1.09 bits per heavy atom. The van der Waals surface area contributed by atoms with Gasteiger partial charge in [-0.05, 0) is 34.9 Å². The molecule has 0 radical (unpaired) electrons. The molecular formula is C17H11F3N2O. The Bertz CT molecular complexity index is 873. The lowest BCUT2D eigenvalue weighted by atomic mass is 9.98. The highest BCUT2D eigenvalue weighted by Crippen LogP contribution is 2.33. The number of H-pyrrole nitrogens is 1. The van der Waals surface area contributed by atoms with Crippen molar-refractivity contribution in [1.29, 1.82) is 5.26 Å². The lowest BCUT2D eigenvalue weighted by Gasteiger charge is -2.10. The van der Waals surface area contributed by atoms with Crippen LogP contribution in [0.15, 0.2) is 48.7 Å². The van der Waals surface area contributed by atoms with Crippen LogP contribution in [-0.2, 0) is 6.42 Å². The fourth-order valence-corrected chi connectivity index (χ4v) is 2.56. The summed E-state index contributed by atoms with van der Waals surface area (Å²) in [5.41, 5.74) is 3.34. The SMILES string of the molecule is N#CCc1c[nH]c2cccc(-c3ccc(OC(F)(F)F)cc3)c12. The van der Waals surface area contributed by atoms with Crippen LogP contribution < -0.4 is 4.74 Å². The first-order valence-electron chi connectivity index (χ1n) is 6.80. The van der Waals surface area contributed by atoms with Crippen LogP contribution in [0.5, 0.6) is 5.75 Å². The van der Waals surface area contributed by atoms with E-state index in [0.29, 0.717) is 0 Å². The van der Waals surface area contributed by atoms with Crippen LogP contribution in [0.2, 0.25) is 0 Å². The van der Waals surface area contributed by atoms with Gasteiger partial charge in [0, 0.05) is 17.1 Å². The molecule has 1 aromatic heterocycles. The molecule has 0 aliphatic rings. The number of aromatic amines is 1. The number of benzene rings is 2. The highest BCUT2D eigenvalue weighted by molar-refractivity contribution is 5.97. The van der Waals surface area contributed by atoms with Crippen LogP contribution >= 0.6 is 0 Å². The van der Waals surface area contributed by atoms with Crippen LogP contribution in [0.3, 0.4) is 0 Å². The van der Waals surface area contributed by atoms with Crippen molar-refractivity contribution in [3.8, 4) is 22.9 Å². The Hall–Kier alpha value is -2.94. The van der Waals surface area contributed by atoms with Crippen molar-refractivity contribution in [3.63, 3.8) is 0 Å². The first-order valence-corrected chi connectivity index (χ1v) is 6.80. The second-order valence-electron chi connectivity index (χ2n) is 4.95. The van der Waals surface area contributed by atoms with Crippen molar-refractivity contribution < 1.29 is 17.9 Å². The van der Waals surface area contributed by atoms with Crippen molar-refractivity contribution in [1.82, 2.24) is 4.98 Å². The molecule has 1 N–H and O–H groups in total. The summed E-state index contributed by atoms with van der Waals surface area (Å²) in [6.45, 7) is 0. The monoisotopic (exact) mass is 316 g/mol. The number of fused-ring (bicyclic) bond motifs is 1. The third kappa shape index (κ3) is 3.14. The third-order valence-corrected chi connectivity index (χ3v) is 3.46. The number of halogens is 3. The molecule has 116 valence electrons. The van der Waals surface area contributed by atoms with Gasteiger partial charge >= 0.3 is 6.36 Å². The maximum absolute atomic E-state index is 12.2. The largest absolute Gasteiger partial charge is 0.573 e. The summed E-state index contributed by atoms with van der Waals surface area (Å²) in [5, 5.41) is 9.82. The summed E-state index contributed by atoms with van der Waals surface area (Å²) < 4.78 is 40.5. The molecule has 0 spiro atoms. The van der Waals surface area contributed by atoms with E-state index in [0.717, 1.165) is 27.6 Å². The minimum absolute atomic E-state index is 0.256. The average Bonchev–Trinajstić information content (AvgIpc) is 2.90. The van der Waals surface area contributed by atoms with E-state index in [2.05, 4.69) is 15.8 Å². The molecule has 3 nitrogen and oxygen atoms in total. The quantitative estimate of drug-likeness (QED) is 0.754. The number of nitrogens with zero attached hydrogens (tertiary/aromatic N) is 1. The number of alkyl halides is 3. The van der Waals surface area contributed by atoms with Gasteiger partial charge < -0.3 is 9.72 Å². The van der Waals surface area contributed by atoms with Crippen molar-refractivity contribution in [2.45, 2.75) is 12.8 Å². The Balaban J connectivity index is 2.03. The molecule has 0 bridgehead atoms. The fraction of sp³-hybridized carbons (Fsp3) is 0.118. The summed E-state index contributed by atoms with van der Waals surface area (Å²) in [6, 6.07) is 13.4. The fourth-order valence-electron chi connectivity index (χ4n) is 2.56. The van der Waals surface area contributed by atoms with Gasteiger partial charge in [-0.25, -0.2) is 0 Å². The van der Waals surface area contributed by atoms with Crippen LogP contribution in [-0.4, -0.2) is 11.3 Å². The number of nitriles is 1. The van der Waals surface area contributed by atoms with E-state index in [1.807, 2.05) is 18.2 Å². The van der Waals surface area contributed by atoms with Gasteiger partial charge in [-0.15, -0.1) is 13.2 Å². The Labute approximate surface area is 129 Å². The van der Waals surface area contributed by atoms with E-state index in [1.165, 1.54) is 12.1 Å². The first-order chi connectivity index (χ1) is 11.0. The third-order valence-electron chi connectivity index (χ3n) is 3.46. The number of nitrogens with one attached hydrogen (secondary N) is 1. The topological polar surface area (TPSA) is 48.8 Å². The van der Waals surface area contributed by atoms with E-state index in [1.54, 1.807) is 18.3 Å². The number of hydrogen-bond acceptors (Lipinski definition) is 2. The van der Waals surface area contributed by atoms with E-state index in [9.17, 15) is 13.2 Å². The molecule has 0 saturated carbocycles. The molecule has 23 heavy (non-hydrogen) atoms. The first kappa shape index (κ1) is 15.0. The Kier molecular flexibility index (Phi) is 3.70. The van der Waals surface area contributed by atoms with Gasteiger partial charge in [0.1, 0.15) is 5.75 Å². The molecule has 0 amide bonds. The molecule has 6 heteroatoms. The van der Waals surface area contributed by atoms with Crippen LogP contribution in [0, 0.1) is 11.3 Å². The zero-order valence-corrected chi connectivity index (χ0v) is 11.8. The second kappa shape index (κ2) is 5.69. The molecule has 1 heterocycles. The zero-order valence-electron chi connectivity index (χ0n) is 11.8. The van der Waals surface area contributed by atoms with Crippen LogP contribution in [0.1, 0.15) is 5.56 Å². The Morgan fingerprint density at radius 3 is 2.48 bits per heavy atom. The highest BCUT2D eigenvalue weighted by atomic mass is 19.4. The number of ether oxygens (including phenoxy) is 1. The summed E-state index contributed by atoms with van der Waals surface area (Å²) in [6.07, 6.45) is -2.67. The second-order valence-corrected chi connectivity index (χ2v) is 4.95. The van der Waals surface area contributed by atoms with Crippen molar-refractivity contribution in [2.24, 2.45) is 0 Å². The summed E-state index contributed by atoms with van der Waals surface area (Å²) in [4.78, 5) is 3.10. The van der Waals surface area contributed by atoms with Gasteiger partial charge in [-0.3, -0.25) is 0 Å². The standard InChI is InChI=1S/C17H11F3N2O/c18-17(19,20)23-13-6-4-11(5-7-13)14-2-1-3-15-16(14)12(8-9-21)10-22-15/h1-7,10,22H,8H2. The Morgan fingerprint density at radius 2 is 1.83 bits per heavy atom. The lowest BCUT2D eigenvalue weighted by molar-refractivity contribution is -0.274. The summed E-state index contributed by atoms with van der Waals surface area (Å²) in [5.74, 6) is -0.264. The normalized spacial score (nSPS) is 11.4. The molecule has 2 aromatic carbocycles. The van der Waals surface area contributed by atoms with Gasteiger partial charge in [-0.2, -0.15) is 5.26 Å². The molecule has 0 unspecified atom stereocenters. The zero-order chi connectivity index (χ0) is 16.4. The lowest BCUT2D eigenvalue weighted by Crippen LogP contribution is -2.16. The van der Waals surface area contributed by atoms with Gasteiger partial charge in [-0.1, -0.05) is 24.3 Å². The molecule has 3 aromatic rings. The molecule has 3 rings (SSSR count). The van der Waals surface area contributed by atoms with Gasteiger partial charge in [0.25, 0.3) is 0 Å². The van der Waals surface area contributed by atoms with E-state index < -0.39 is 6.36 Å². The molecule has 0 fully saturated rings. The highest BCUT2D eigenvalue weighted by Gasteiger charge is 2.31. The smallest absolute Gasteiger partial charge is 0.406 e. The van der Waals surface area contributed by atoms with Crippen LogP contribution in [0.4, 0.5) is 13.2 Å². The van der Waals surface area contributed by atoms with E-state index >= 15 is 0 Å². The number of aromatic nitrogens is 1. The van der Waals surface area contributed by atoms with Crippen molar-refractivity contribution in [2.75, 3.05) is 0 Å². The number of rotatable bonds is 3. The minimum Gasteiger partial charge on any atom is -0.406 e. The van der Waals surface area contributed by atoms with Crippen molar-refractivity contribution >= 4 is 10.9 Å². The molecule has 0 aliphatic heterocycles. The van der Waals surface area contributed by atoms with E-state index in [4.69, 9.17) is 5.26 Å².